The van der Waals surface area contributed by atoms with Crippen molar-refractivity contribution in [3.05, 3.63) is 53.7 Å². The topological polar surface area (TPSA) is 93.1 Å². The van der Waals surface area contributed by atoms with Crippen molar-refractivity contribution in [2.75, 3.05) is 20.3 Å². The summed E-state index contributed by atoms with van der Waals surface area (Å²) in [6, 6.07) is 12.0. The Morgan fingerprint density at radius 1 is 1.09 bits per heavy atom. The molecular weight excluding hydrogens is 432 g/mol. The molecule has 7 heteroatoms. The van der Waals surface area contributed by atoms with Gasteiger partial charge in [0.1, 0.15) is 19.0 Å². The van der Waals surface area contributed by atoms with Gasteiger partial charge in [-0.05, 0) is 74.4 Å². The number of phenolic OH excluding ortho intramolecular Hbond substituents is 1. The number of nitrogens with zero attached hydrogens (tertiary/aromatic N) is 1. The second-order valence-corrected chi connectivity index (χ2v) is 9.33. The highest BCUT2D eigenvalue weighted by Crippen LogP contribution is 2.41. The number of ether oxygens (including phenoxy) is 3. The van der Waals surface area contributed by atoms with Crippen molar-refractivity contribution in [1.82, 2.24) is 10.3 Å². The van der Waals surface area contributed by atoms with E-state index >= 15 is 0 Å². The maximum atomic E-state index is 11.2. The van der Waals surface area contributed by atoms with Crippen LogP contribution in [0.25, 0.3) is 10.9 Å². The summed E-state index contributed by atoms with van der Waals surface area (Å²) < 4.78 is 16.5. The van der Waals surface area contributed by atoms with Gasteiger partial charge in [0.05, 0.1) is 18.2 Å². The Kier molecular flexibility index (Phi) is 6.48. The van der Waals surface area contributed by atoms with Gasteiger partial charge in [0.25, 0.3) is 0 Å². The van der Waals surface area contributed by atoms with E-state index in [0.29, 0.717) is 37.3 Å². The molecule has 7 nitrogen and oxygen atoms in total. The summed E-state index contributed by atoms with van der Waals surface area (Å²) in [5.41, 5.74) is 2.27. The molecule has 0 atom stereocenters. The van der Waals surface area contributed by atoms with Gasteiger partial charge in [-0.2, -0.15) is 0 Å². The Bertz CT molecular complexity index is 1160. The summed E-state index contributed by atoms with van der Waals surface area (Å²) in [4.78, 5) is 4.46. The van der Waals surface area contributed by atoms with Gasteiger partial charge in [-0.1, -0.05) is 6.07 Å². The number of hydrogen-bond acceptors (Lipinski definition) is 7. The highest BCUT2D eigenvalue weighted by atomic mass is 16.6. The lowest BCUT2D eigenvalue weighted by Gasteiger charge is -2.36. The fraction of sp³-hybridized carbons (Fsp3) is 0.444. The Balaban J connectivity index is 1.16. The van der Waals surface area contributed by atoms with Crippen LogP contribution in [0.15, 0.2) is 42.6 Å². The zero-order chi connectivity index (χ0) is 23.5. The number of fused-ring (bicyclic) bond motifs is 2. The van der Waals surface area contributed by atoms with Crippen LogP contribution in [-0.4, -0.2) is 47.2 Å². The van der Waals surface area contributed by atoms with Crippen LogP contribution in [0.3, 0.4) is 0 Å². The molecule has 0 bridgehead atoms. The molecule has 2 aliphatic rings. The lowest BCUT2D eigenvalue weighted by molar-refractivity contribution is -0.0108. The van der Waals surface area contributed by atoms with Crippen molar-refractivity contribution in [3.63, 3.8) is 0 Å². The zero-order valence-electron chi connectivity index (χ0n) is 19.5. The van der Waals surface area contributed by atoms with Crippen molar-refractivity contribution in [2.24, 2.45) is 0 Å². The van der Waals surface area contributed by atoms with Crippen LogP contribution in [0.4, 0.5) is 0 Å². The smallest absolute Gasteiger partial charge is 0.203 e. The average Bonchev–Trinajstić information content (AvgIpc) is 2.88. The van der Waals surface area contributed by atoms with E-state index in [-0.39, 0.29) is 5.75 Å². The zero-order valence-corrected chi connectivity index (χ0v) is 19.5. The summed E-state index contributed by atoms with van der Waals surface area (Å²) in [6.07, 6.45) is 6.65. The molecule has 0 radical (unpaired) electrons. The van der Waals surface area contributed by atoms with E-state index in [1.54, 1.807) is 7.11 Å². The van der Waals surface area contributed by atoms with E-state index in [9.17, 15) is 10.2 Å². The standard InChI is InChI=1S/C27H32N2O5/c1-32-21-3-4-23-22(16-21)18(9-13-28-23)6-10-27(31)11-7-20(8-12-27)29-17-19-2-5-24-26(25(19)30)34-15-14-33-24/h2-5,9,13,16,20,29-31H,6-8,10-12,14-15,17H2,1H3. The number of pyridine rings is 1. The van der Waals surface area contributed by atoms with E-state index in [0.717, 1.165) is 60.7 Å². The monoisotopic (exact) mass is 464 g/mol. The quantitative estimate of drug-likeness (QED) is 0.484. The van der Waals surface area contributed by atoms with Gasteiger partial charge in [0.15, 0.2) is 11.5 Å². The molecule has 34 heavy (non-hydrogen) atoms. The molecule has 0 unspecified atom stereocenters. The highest BCUT2D eigenvalue weighted by molar-refractivity contribution is 5.83. The molecule has 3 aromatic rings. The minimum Gasteiger partial charge on any atom is -0.504 e. The number of phenols is 1. The first-order chi connectivity index (χ1) is 16.5. The number of nitrogens with one attached hydrogen (secondary N) is 1. The number of benzene rings is 2. The number of aryl methyl sites for hydroxylation is 1. The molecule has 1 saturated carbocycles. The van der Waals surface area contributed by atoms with Gasteiger partial charge in [0.2, 0.25) is 5.75 Å². The minimum absolute atomic E-state index is 0.151. The summed E-state index contributed by atoms with van der Waals surface area (Å²) in [7, 11) is 1.67. The van der Waals surface area contributed by atoms with Crippen molar-refractivity contribution in [1.29, 1.82) is 0 Å². The first kappa shape index (κ1) is 22.7. The first-order valence-electron chi connectivity index (χ1n) is 12.0. The average molecular weight is 465 g/mol. The van der Waals surface area contributed by atoms with E-state index < -0.39 is 5.60 Å². The second-order valence-electron chi connectivity index (χ2n) is 9.33. The molecule has 1 aromatic heterocycles. The van der Waals surface area contributed by atoms with E-state index in [4.69, 9.17) is 14.2 Å². The molecule has 1 fully saturated rings. The Morgan fingerprint density at radius 2 is 1.91 bits per heavy atom. The van der Waals surface area contributed by atoms with E-state index in [1.807, 2.05) is 42.6 Å². The molecule has 1 aliphatic carbocycles. The lowest BCUT2D eigenvalue weighted by Crippen LogP contribution is -2.41. The summed E-state index contributed by atoms with van der Waals surface area (Å²) in [6.45, 7) is 1.50. The fourth-order valence-corrected chi connectivity index (χ4v) is 5.04. The van der Waals surface area contributed by atoms with Crippen molar-refractivity contribution in [3.8, 4) is 23.0 Å². The number of methoxy groups -OCH3 is 1. The van der Waals surface area contributed by atoms with Crippen LogP contribution in [0.2, 0.25) is 0 Å². The van der Waals surface area contributed by atoms with Crippen LogP contribution >= 0.6 is 0 Å². The van der Waals surface area contributed by atoms with Gasteiger partial charge in [-0.3, -0.25) is 4.98 Å². The molecule has 0 amide bonds. The number of hydrogen-bond donors (Lipinski definition) is 3. The normalized spacial score (nSPS) is 22.0. The fourth-order valence-electron chi connectivity index (χ4n) is 5.04. The van der Waals surface area contributed by atoms with Crippen LogP contribution in [0.1, 0.15) is 43.2 Å². The second kappa shape index (κ2) is 9.68. The molecule has 0 spiro atoms. The van der Waals surface area contributed by atoms with Gasteiger partial charge in [-0.15, -0.1) is 0 Å². The van der Waals surface area contributed by atoms with Crippen LogP contribution in [0.5, 0.6) is 23.0 Å². The predicted octanol–water partition coefficient (Wildman–Crippen LogP) is 4.12. The van der Waals surface area contributed by atoms with Gasteiger partial charge >= 0.3 is 0 Å². The Hall–Kier alpha value is -3.03. The molecule has 1 aliphatic heterocycles. The molecule has 5 rings (SSSR count). The van der Waals surface area contributed by atoms with Crippen LogP contribution in [-0.2, 0) is 13.0 Å². The summed E-state index contributed by atoms with van der Waals surface area (Å²) in [5.74, 6) is 2.00. The number of aliphatic hydroxyl groups is 1. The molecule has 2 aromatic carbocycles. The van der Waals surface area contributed by atoms with Crippen molar-refractivity contribution in [2.45, 2.75) is 56.7 Å². The number of aromatic nitrogens is 1. The number of rotatable bonds is 7. The van der Waals surface area contributed by atoms with Crippen molar-refractivity contribution >= 4 is 10.9 Å². The van der Waals surface area contributed by atoms with Crippen molar-refractivity contribution < 1.29 is 24.4 Å². The maximum Gasteiger partial charge on any atom is 0.203 e. The SMILES string of the molecule is COc1ccc2nccc(CCC3(O)CCC(NCc4ccc5c(c4O)OCCO5)CC3)c2c1. The molecule has 2 heterocycles. The van der Waals surface area contributed by atoms with Gasteiger partial charge < -0.3 is 29.7 Å². The first-order valence-corrected chi connectivity index (χ1v) is 12.0. The Labute approximate surface area is 199 Å². The molecular formula is C27H32N2O5. The Morgan fingerprint density at radius 3 is 2.74 bits per heavy atom. The van der Waals surface area contributed by atoms with Crippen LogP contribution < -0.4 is 19.5 Å². The molecule has 0 saturated heterocycles. The number of aromatic hydroxyl groups is 1. The van der Waals surface area contributed by atoms with E-state index in [1.165, 1.54) is 5.56 Å². The molecule has 180 valence electrons. The summed E-state index contributed by atoms with van der Waals surface area (Å²) in [5, 5.41) is 26.4. The van der Waals surface area contributed by atoms with Gasteiger partial charge in [-0.25, -0.2) is 0 Å². The van der Waals surface area contributed by atoms with E-state index in [2.05, 4.69) is 10.3 Å². The summed E-state index contributed by atoms with van der Waals surface area (Å²) >= 11 is 0. The lowest BCUT2D eigenvalue weighted by atomic mass is 9.78. The minimum atomic E-state index is -0.661. The third-order valence-corrected chi connectivity index (χ3v) is 7.16. The van der Waals surface area contributed by atoms with Crippen LogP contribution in [0, 0.1) is 0 Å². The third-order valence-electron chi connectivity index (χ3n) is 7.16. The third kappa shape index (κ3) is 4.76. The molecule has 3 N–H and O–H groups in total. The maximum absolute atomic E-state index is 11.2. The highest BCUT2D eigenvalue weighted by Gasteiger charge is 2.33. The van der Waals surface area contributed by atoms with Gasteiger partial charge in [0, 0.05) is 29.7 Å². The largest absolute Gasteiger partial charge is 0.504 e. The predicted molar refractivity (Wildman–Crippen MR) is 130 cm³/mol.